The maximum absolute atomic E-state index is 13.0. The van der Waals surface area contributed by atoms with Crippen molar-refractivity contribution in [3.8, 4) is 5.75 Å². The molecule has 0 fully saturated rings. The molecule has 0 spiro atoms. The summed E-state index contributed by atoms with van der Waals surface area (Å²) in [4.78, 5) is 12.5. The highest BCUT2D eigenvalue weighted by Gasteiger charge is 2.24. The minimum absolute atomic E-state index is 0.0626. The van der Waals surface area contributed by atoms with Crippen LogP contribution in [0, 0.1) is 0 Å². The van der Waals surface area contributed by atoms with E-state index in [2.05, 4.69) is 10.5 Å². The van der Waals surface area contributed by atoms with Gasteiger partial charge in [-0.05, 0) is 29.7 Å². The third-order valence-electron chi connectivity index (χ3n) is 4.82. The van der Waals surface area contributed by atoms with Crippen LogP contribution < -0.4 is 5.43 Å². The van der Waals surface area contributed by atoms with Crippen LogP contribution in [-0.2, 0) is 10.0 Å². The number of carbonyl (C=O) groups is 1. The number of fused-ring (bicyclic) bond motifs is 1. The largest absolute Gasteiger partial charge is 0.506 e. The Morgan fingerprint density at radius 3 is 2.42 bits per heavy atom. The standard InChI is InChI=1S/C22H22ClN3O4S/c1-3-26(4-2)31(29,30)21-12-10-16(17-7-5-6-8-18(17)21)14-24-25-22(28)15-9-11-20(27)19(23)13-15/h5-14,27H,3-4H2,1-2H3,(H,25,28). The fourth-order valence-electron chi connectivity index (χ4n) is 3.21. The summed E-state index contributed by atoms with van der Waals surface area (Å²) in [6.45, 7) is 4.36. The van der Waals surface area contributed by atoms with Gasteiger partial charge in [0.2, 0.25) is 10.0 Å². The van der Waals surface area contributed by atoms with Gasteiger partial charge in [0.1, 0.15) is 5.75 Å². The van der Waals surface area contributed by atoms with Gasteiger partial charge in [0.15, 0.2) is 0 Å². The Labute approximate surface area is 186 Å². The molecular formula is C22H22ClN3O4S. The van der Waals surface area contributed by atoms with Gasteiger partial charge in [0.25, 0.3) is 5.91 Å². The molecule has 1 amide bonds. The number of hydrazone groups is 1. The molecule has 0 atom stereocenters. The maximum Gasteiger partial charge on any atom is 0.271 e. The van der Waals surface area contributed by atoms with Gasteiger partial charge in [0, 0.05) is 29.6 Å². The van der Waals surface area contributed by atoms with Crippen molar-refractivity contribution in [3.05, 3.63) is 70.7 Å². The number of rotatable bonds is 7. The summed E-state index contributed by atoms with van der Waals surface area (Å²) in [5.41, 5.74) is 3.30. The Balaban J connectivity index is 1.92. The summed E-state index contributed by atoms with van der Waals surface area (Å²) < 4.78 is 27.5. The van der Waals surface area contributed by atoms with Crippen molar-refractivity contribution in [2.45, 2.75) is 18.7 Å². The van der Waals surface area contributed by atoms with Gasteiger partial charge in [-0.3, -0.25) is 4.79 Å². The van der Waals surface area contributed by atoms with E-state index in [-0.39, 0.29) is 21.2 Å². The number of amides is 1. The normalized spacial score (nSPS) is 12.0. The molecule has 0 aliphatic carbocycles. The molecule has 0 saturated heterocycles. The smallest absolute Gasteiger partial charge is 0.271 e. The number of nitrogens with zero attached hydrogens (tertiary/aromatic N) is 2. The van der Waals surface area contributed by atoms with E-state index in [1.54, 1.807) is 44.2 Å². The van der Waals surface area contributed by atoms with E-state index in [0.29, 0.717) is 29.4 Å². The van der Waals surface area contributed by atoms with Crippen molar-refractivity contribution < 1.29 is 18.3 Å². The summed E-state index contributed by atoms with van der Waals surface area (Å²) >= 11 is 5.83. The fourth-order valence-corrected chi connectivity index (χ4v) is 5.04. The lowest BCUT2D eigenvalue weighted by atomic mass is 10.1. The molecule has 3 rings (SSSR count). The lowest BCUT2D eigenvalue weighted by Gasteiger charge is -2.20. The highest BCUT2D eigenvalue weighted by Crippen LogP contribution is 2.28. The summed E-state index contributed by atoms with van der Waals surface area (Å²) in [5.74, 6) is -0.615. The van der Waals surface area contributed by atoms with Gasteiger partial charge < -0.3 is 5.11 Å². The first-order valence-electron chi connectivity index (χ1n) is 9.63. The van der Waals surface area contributed by atoms with Crippen LogP contribution in [0.4, 0.5) is 0 Å². The summed E-state index contributed by atoms with van der Waals surface area (Å²) in [6, 6.07) is 14.4. The van der Waals surface area contributed by atoms with Crippen LogP contribution in [0.1, 0.15) is 29.8 Å². The van der Waals surface area contributed by atoms with Crippen LogP contribution in [0.3, 0.4) is 0 Å². The Bertz CT molecular complexity index is 1250. The first kappa shape index (κ1) is 22.7. The summed E-state index contributed by atoms with van der Waals surface area (Å²) in [6.07, 6.45) is 1.45. The highest BCUT2D eigenvalue weighted by atomic mass is 35.5. The van der Waals surface area contributed by atoms with E-state index in [9.17, 15) is 18.3 Å². The number of phenols is 1. The second-order valence-electron chi connectivity index (χ2n) is 6.65. The monoisotopic (exact) mass is 459 g/mol. The molecule has 0 saturated carbocycles. The second kappa shape index (κ2) is 9.47. The van der Waals surface area contributed by atoms with Crippen LogP contribution >= 0.6 is 11.6 Å². The van der Waals surface area contributed by atoms with Gasteiger partial charge in [0.05, 0.1) is 16.1 Å². The van der Waals surface area contributed by atoms with Crippen molar-refractivity contribution in [2.24, 2.45) is 5.10 Å². The predicted octanol–water partition coefficient (Wildman–Crippen LogP) is 3.99. The molecule has 3 aromatic carbocycles. The van der Waals surface area contributed by atoms with Crippen LogP contribution in [0.5, 0.6) is 5.75 Å². The lowest BCUT2D eigenvalue weighted by Crippen LogP contribution is -2.30. The number of benzene rings is 3. The number of nitrogens with one attached hydrogen (secondary N) is 1. The molecule has 0 bridgehead atoms. The zero-order valence-electron chi connectivity index (χ0n) is 17.0. The third-order valence-corrected chi connectivity index (χ3v) is 7.23. The number of hydrogen-bond acceptors (Lipinski definition) is 5. The Hall–Kier alpha value is -2.94. The maximum atomic E-state index is 13.0. The molecular weight excluding hydrogens is 438 g/mol. The predicted molar refractivity (Wildman–Crippen MR) is 122 cm³/mol. The summed E-state index contributed by atoms with van der Waals surface area (Å²) in [7, 11) is -3.64. The zero-order chi connectivity index (χ0) is 22.6. The van der Waals surface area contributed by atoms with Crippen molar-refractivity contribution in [1.82, 2.24) is 9.73 Å². The number of halogens is 1. The van der Waals surface area contributed by atoms with E-state index in [0.717, 1.165) is 0 Å². The van der Waals surface area contributed by atoms with Crippen LogP contribution in [0.25, 0.3) is 10.8 Å². The first-order chi connectivity index (χ1) is 14.8. The molecule has 3 aromatic rings. The minimum atomic E-state index is -3.64. The van der Waals surface area contributed by atoms with E-state index >= 15 is 0 Å². The zero-order valence-corrected chi connectivity index (χ0v) is 18.6. The Kier molecular flexibility index (Phi) is 6.94. The Morgan fingerprint density at radius 2 is 1.77 bits per heavy atom. The molecule has 0 heterocycles. The molecule has 0 radical (unpaired) electrons. The number of aromatic hydroxyl groups is 1. The van der Waals surface area contributed by atoms with Gasteiger partial charge in [-0.15, -0.1) is 0 Å². The molecule has 0 aromatic heterocycles. The molecule has 31 heavy (non-hydrogen) atoms. The second-order valence-corrected chi connectivity index (χ2v) is 8.97. The van der Waals surface area contributed by atoms with Crippen LogP contribution in [0.15, 0.2) is 64.6 Å². The molecule has 0 aliphatic rings. The van der Waals surface area contributed by atoms with E-state index in [1.807, 2.05) is 6.07 Å². The van der Waals surface area contributed by atoms with E-state index < -0.39 is 15.9 Å². The third kappa shape index (κ3) is 4.71. The highest BCUT2D eigenvalue weighted by molar-refractivity contribution is 7.89. The lowest BCUT2D eigenvalue weighted by molar-refractivity contribution is 0.0955. The molecule has 9 heteroatoms. The van der Waals surface area contributed by atoms with Gasteiger partial charge >= 0.3 is 0 Å². The van der Waals surface area contributed by atoms with Crippen molar-refractivity contribution in [3.63, 3.8) is 0 Å². The SMILES string of the molecule is CCN(CC)S(=O)(=O)c1ccc(C=NNC(=O)c2ccc(O)c(Cl)c2)c2ccccc12. The fraction of sp³-hybridized carbons (Fsp3) is 0.182. The first-order valence-corrected chi connectivity index (χ1v) is 11.4. The summed E-state index contributed by atoms with van der Waals surface area (Å²) in [5, 5.41) is 14.8. The van der Waals surface area contributed by atoms with Crippen molar-refractivity contribution >= 4 is 44.5 Å². The average molecular weight is 460 g/mol. The molecule has 162 valence electrons. The number of sulfonamides is 1. The van der Waals surface area contributed by atoms with Gasteiger partial charge in [-0.25, -0.2) is 13.8 Å². The van der Waals surface area contributed by atoms with Crippen LogP contribution in [-0.4, -0.2) is 43.0 Å². The molecule has 7 nitrogen and oxygen atoms in total. The van der Waals surface area contributed by atoms with Crippen LogP contribution in [0.2, 0.25) is 5.02 Å². The van der Waals surface area contributed by atoms with Gasteiger partial charge in [-0.2, -0.15) is 9.41 Å². The molecule has 0 unspecified atom stereocenters. The number of hydrogen-bond donors (Lipinski definition) is 2. The quantitative estimate of drug-likeness (QED) is 0.412. The topological polar surface area (TPSA) is 99.1 Å². The van der Waals surface area contributed by atoms with Crippen molar-refractivity contribution in [1.29, 1.82) is 0 Å². The van der Waals surface area contributed by atoms with Gasteiger partial charge in [-0.1, -0.05) is 55.8 Å². The van der Waals surface area contributed by atoms with E-state index in [1.165, 1.54) is 28.7 Å². The molecule has 2 N–H and O–H groups in total. The average Bonchev–Trinajstić information content (AvgIpc) is 2.76. The number of phenolic OH excluding ortho intramolecular Hbond substituents is 1. The molecule has 0 aliphatic heterocycles. The Morgan fingerprint density at radius 1 is 1.10 bits per heavy atom. The van der Waals surface area contributed by atoms with Crippen molar-refractivity contribution in [2.75, 3.05) is 13.1 Å². The van der Waals surface area contributed by atoms with E-state index in [4.69, 9.17) is 11.6 Å². The minimum Gasteiger partial charge on any atom is -0.506 e. The number of carbonyl (C=O) groups excluding carboxylic acids is 1.